The van der Waals surface area contributed by atoms with E-state index in [0.29, 0.717) is 10.9 Å². The summed E-state index contributed by atoms with van der Waals surface area (Å²) in [7, 11) is 1.36. The van der Waals surface area contributed by atoms with Gasteiger partial charge in [-0.2, -0.15) is 0 Å². The number of hydrogen-bond donors (Lipinski definition) is 0. The molecular weight excluding hydrogens is 322 g/mol. The van der Waals surface area contributed by atoms with Crippen molar-refractivity contribution in [1.82, 2.24) is 9.88 Å². The Morgan fingerprint density at radius 2 is 2.05 bits per heavy atom. The number of carbonyl (C=O) groups is 1. The summed E-state index contributed by atoms with van der Waals surface area (Å²) >= 11 is 7.38. The van der Waals surface area contributed by atoms with Crippen LogP contribution in [0.2, 0.25) is 5.15 Å². The number of anilines is 1. The summed E-state index contributed by atoms with van der Waals surface area (Å²) in [6, 6.07) is 1.40. The fraction of sp³-hybridized carbons (Fsp3) is 0.733. The third kappa shape index (κ3) is 3.09. The van der Waals surface area contributed by atoms with Crippen molar-refractivity contribution in [2.75, 3.05) is 31.6 Å². The van der Waals surface area contributed by atoms with E-state index < -0.39 is 5.97 Å². The van der Waals surface area contributed by atoms with Gasteiger partial charge in [0.2, 0.25) is 0 Å². The molecule has 5 nitrogen and oxygen atoms in total. The minimum Gasteiger partial charge on any atom is -0.465 e. The minimum atomic E-state index is -0.408. The smallest absolute Gasteiger partial charge is 0.351 e. The van der Waals surface area contributed by atoms with Gasteiger partial charge in [0, 0.05) is 25.2 Å². The van der Waals surface area contributed by atoms with E-state index in [0.717, 1.165) is 37.1 Å². The van der Waals surface area contributed by atoms with E-state index in [1.54, 1.807) is 0 Å². The first-order valence-corrected chi connectivity index (χ1v) is 9.05. The largest absolute Gasteiger partial charge is 0.465 e. The van der Waals surface area contributed by atoms with Gasteiger partial charge in [0.15, 0.2) is 15.2 Å². The molecule has 0 saturated carbocycles. The molecule has 0 radical (unpaired) electrons. The molecule has 0 N–H and O–H groups in total. The second kappa shape index (κ2) is 6.72. The highest BCUT2D eigenvalue weighted by Crippen LogP contribution is 2.33. The molecule has 2 aliphatic heterocycles. The van der Waals surface area contributed by atoms with E-state index in [-0.39, 0.29) is 5.15 Å². The molecule has 3 rings (SSSR count). The van der Waals surface area contributed by atoms with Crippen LogP contribution in [-0.2, 0) is 4.74 Å². The highest BCUT2D eigenvalue weighted by atomic mass is 35.5. The Morgan fingerprint density at radius 3 is 2.64 bits per heavy atom. The van der Waals surface area contributed by atoms with Gasteiger partial charge in [0.05, 0.1) is 7.11 Å². The molecule has 1 aromatic rings. The Hall–Kier alpha value is -0.850. The van der Waals surface area contributed by atoms with Crippen molar-refractivity contribution in [2.45, 2.75) is 44.7 Å². The van der Waals surface area contributed by atoms with Gasteiger partial charge in [-0.1, -0.05) is 22.9 Å². The number of likely N-dealkylation sites (tertiary alicyclic amines) is 1. The van der Waals surface area contributed by atoms with Gasteiger partial charge < -0.3 is 9.64 Å². The molecule has 7 heteroatoms. The number of piperidine rings is 1. The average Bonchev–Trinajstić information content (AvgIpc) is 3.13. The molecule has 0 amide bonds. The van der Waals surface area contributed by atoms with Crippen molar-refractivity contribution in [3.05, 3.63) is 10.0 Å². The van der Waals surface area contributed by atoms with Crippen molar-refractivity contribution in [1.29, 1.82) is 0 Å². The number of aromatic nitrogens is 1. The Kier molecular flexibility index (Phi) is 4.90. The van der Waals surface area contributed by atoms with Crippen LogP contribution >= 0.6 is 22.9 Å². The number of rotatable bonds is 3. The number of nitrogens with zero attached hydrogens (tertiary/aromatic N) is 3. The van der Waals surface area contributed by atoms with Crippen molar-refractivity contribution in [2.24, 2.45) is 0 Å². The quantitative estimate of drug-likeness (QED) is 0.789. The van der Waals surface area contributed by atoms with Crippen LogP contribution in [0.3, 0.4) is 0 Å². The minimum absolute atomic E-state index is 0.252. The second-order valence-corrected chi connectivity index (χ2v) is 7.39. The van der Waals surface area contributed by atoms with Gasteiger partial charge >= 0.3 is 5.97 Å². The number of halogens is 1. The monoisotopic (exact) mass is 343 g/mol. The summed E-state index contributed by atoms with van der Waals surface area (Å²) in [5.74, 6) is -0.408. The summed E-state index contributed by atoms with van der Waals surface area (Å²) in [5.41, 5.74) is 0. The molecule has 1 aromatic heterocycles. The van der Waals surface area contributed by atoms with Gasteiger partial charge in [0.25, 0.3) is 0 Å². The molecule has 22 heavy (non-hydrogen) atoms. The molecule has 2 aliphatic rings. The highest BCUT2D eigenvalue weighted by molar-refractivity contribution is 7.18. The zero-order chi connectivity index (χ0) is 15.7. The Balaban J connectivity index is 1.63. The molecule has 2 saturated heterocycles. The van der Waals surface area contributed by atoms with E-state index in [9.17, 15) is 4.79 Å². The molecule has 122 valence electrons. The topological polar surface area (TPSA) is 45.7 Å². The zero-order valence-corrected chi connectivity index (χ0v) is 14.6. The predicted molar refractivity (Wildman–Crippen MR) is 89.1 cm³/mol. The number of ether oxygens (including phenoxy) is 1. The lowest BCUT2D eigenvalue weighted by molar-refractivity contribution is 0.0606. The molecule has 1 unspecified atom stereocenters. The standard InChI is InChI=1S/C15H22ClN3O2S/c1-10-4-3-7-19(10)11-5-8-18(9-6-11)15-17-13(16)12(22-15)14(20)21-2/h10-11H,3-9H2,1-2H3. The summed E-state index contributed by atoms with van der Waals surface area (Å²) in [4.78, 5) is 21.3. The molecule has 0 aromatic carbocycles. The van der Waals surface area contributed by atoms with Crippen LogP contribution in [0.1, 0.15) is 42.3 Å². The second-order valence-electron chi connectivity index (χ2n) is 6.06. The van der Waals surface area contributed by atoms with Crippen molar-refractivity contribution in [3.8, 4) is 0 Å². The lowest BCUT2D eigenvalue weighted by Gasteiger charge is -2.38. The summed E-state index contributed by atoms with van der Waals surface area (Å²) in [6.45, 7) is 5.51. The fourth-order valence-electron chi connectivity index (χ4n) is 3.53. The van der Waals surface area contributed by atoms with Gasteiger partial charge in [-0.05, 0) is 39.2 Å². The first-order valence-electron chi connectivity index (χ1n) is 7.85. The maximum Gasteiger partial charge on any atom is 0.351 e. The molecule has 0 aliphatic carbocycles. The van der Waals surface area contributed by atoms with Crippen LogP contribution < -0.4 is 4.90 Å². The summed E-state index contributed by atoms with van der Waals surface area (Å²) in [5, 5.41) is 1.08. The predicted octanol–water partition coefficient (Wildman–Crippen LogP) is 3.04. The van der Waals surface area contributed by atoms with Crippen LogP contribution in [0, 0.1) is 0 Å². The lowest BCUT2D eigenvalue weighted by atomic mass is 10.0. The number of methoxy groups -OCH3 is 1. The highest BCUT2D eigenvalue weighted by Gasteiger charge is 2.31. The Morgan fingerprint density at radius 1 is 1.32 bits per heavy atom. The number of thiazole rings is 1. The maximum absolute atomic E-state index is 11.6. The lowest BCUT2D eigenvalue weighted by Crippen LogP contribution is -2.46. The van der Waals surface area contributed by atoms with Gasteiger partial charge in [-0.25, -0.2) is 9.78 Å². The third-order valence-electron chi connectivity index (χ3n) is 4.75. The zero-order valence-electron chi connectivity index (χ0n) is 13.0. The van der Waals surface area contributed by atoms with Gasteiger partial charge in [-0.3, -0.25) is 4.90 Å². The van der Waals surface area contributed by atoms with E-state index in [2.05, 4.69) is 21.7 Å². The maximum atomic E-state index is 11.6. The average molecular weight is 344 g/mol. The van der Waals surface area contributed by atoms with E-state index in [1.807, 2.05) is 0 Å². The van der Waals surface area contributed by atoms with Crippen molar-refractivity contribution < 1.29 is 9.53 Å². The van der Waals surface area contributed by atoms with Crippen LogP contribution in [0.15, 0.2) is 0 Å². The van der Waals surface area contributed by atoms with Crippen molar-refractivity contribution >= 4 is 34.0 Å². The van der Waals surface area contributed by atoms with Gasteiger partial charge in [0.1, 0.15) is 0 Å². The SMILES string of the molecule is COC(=O)c1sc(N2CCC(N3CCCC3C)CC2)nc1Cl. The van der Waals surface area contributed by atoms with Crippen LogP contribution in [0.4, 0.5) is 5.13 Å². The van der Waals surface area contributed by atoms with Crippen LogP contribution in [-0.4, -0.2) is 54.7 Å². The molecule has 1 atom stereocenters. The molecule has 0 spiro atoms. The van der Waals surface area contributed by atoms with Gasteiger partial charge in [-0.15, -0.1) is 0 Å². The summed E-state index contributed by atoms with van der Waals surface area (Å²) in [6.07, 6.45) is 4.95. The number of carbonyl (C=O) groups excluding carboxylic acids is 1. The van der Waals surface area contributed by atoms with Crippen molar-refractivity contribution in [3.63, 3.8) is 0 Å². The van der Waals surface area contributed by atoms with Crippen LogP contribution in [0.25, 0.3) is 0 Å². The normalized spacial score (nSPS) is 24.0. The Labute approximate surface area is 140 Å². The Bertz CT molecular complexity index is 543. The van der Waals surface area contributed by atoms with E-state index in [4.69, 9.17) is 16.3 Å². The third-order valence-corrected chi connectivity index (χ3v) is 6.24. The molecule has 0 bridgehead atoms. The van der Waals surface area contributed by atoms with Crippen LogP contribution in [0.5, 0.6) is 0 Å². The molecular formula is C15H22ClN3O2S. The first-order chi connectivity index (χ1) is 10.6. The van der Waals surface area contributed by atoms with E-state index >= 15 is 0 Å². The molecule has 2 fully saturated rings. The first kappa shape index (κ1) is 16.0. The molecule has 3 heterocycles. The van der Waals surface area contributed by atoms with E-state index in [1.165, 1.54) is 37.8 Å². The summed E-state index contributed by atoms with van der Waals surface area (Å²) < 4.78 is 4.74. The number of esters is 1. The number of hydrogen-bond acceptors (Lipinski definition) is 6. The fourth-order valence-corrected chi connectivity index (χ4v) is 4.78.